The Balaban J connectivity index is 1.94. The summed E-state index contributed by atoms with van der Waals surface area (Å²) in [4.78, 5) is 37.2. The summed E-state index contributed by atoms with van der Waals surface area (Å²) in [7, 11) is 1.63. The quantitative estimate of drug-likeness (QED) is 0.374. The molecule has 1 aromatic carbocycles. The van der Waals surface area contributed by atoms with Gasteiger partial charge in [-0.25, -0.2) is 0 Å². The van der Waals surface area contributed by atoms with Gasteiger partial charge in [0.15, 0.2) is 0 Å². The van der Waals surface area contributed by atoms with Crippen LogP contribution in [-0.4, -0.2) is 67.6 Å². The molecule has 1 saturated heterocycles. The van der Waals surface area contributed by atoms with Crippen LogP contribution in [-0.2, 0) is 9.53 Å². The monoisotopic (exact) mass is 378 g/mol. The van der Waals surface area contributed by atoms with Crippen LogP contribution in [0.2, 0.25) is 0 Å². The Morgan fingerprint density at radius 2 is 2.11 bits per heavy atom. The number of hydrogen-bond acceptors (Lipinski definition) is 6. The zero-order valence-electron chi connectivity index (χ0n) is 15.7. The summed E-state index contributed by atoms with van der Waals surface area (Å²) in [6.45, 7) is 4.50. The Bertz CT molecular complexity index is 694. The van der Waals surface area contributed by atoms with Crippen LogP contribution in [0.4, 0.5) is 5.69 Å². The third kappa shape index (κ3) is 5.48. The molecule has 0 bridgehead atoms. The zero-order chi connectivity index (χ0) is 19.8. The molecule has 2 rings (SSSR count). The fourth-order valence-corrected chi connectivity index (χ4v) is 3.13. The largest absolute Gasteiger partial charge is 0.383 e. The molecule has 1 unspecified atom stereocenters. The van der Waals surface area contributed by atoms with Crippen molar-refractivity contribution in [3.63, 3.8) is 0 Å². The van der Waals surface area contributed by atoms with Crippen LogP contribution < -0.4 is 10.6 Å². The molecule has 1 atom stereocenters. The summed E-state index contributed by atoms with van der Waals surface area (Å²) >= 11 is 0. The Kier molecular flexibility index (Phi) is 7.68. The summed E-state index contributed by atoms with van der Waals surface area (Å²) in [5.74, 6) is -0.447. The van der Waals surface area contributed by atoms with E-state index in [1.54, 1.807) is 18.9 Å². The summed E-state index contributed by atoms with van der Waals surface area (Å²) < 4.78 is 4.93. The Labute approximate surface area is 158 Å². The van der Waals surface area contributed by atoms with E-state index in [-0.39, 0.29) is 17.5 Å². The van der Waals surface area contributed by atoms with Crippen LogP contribution in [0.3, 0.4) is 0 Å². The number of nitrogens with one attached hydrogen (secondary N) is 2. The lowest BCUT2D eigenvalue weighted by Crippen LogP contribution is -2.47. The molecule has 1 heterocycles. The van der Waals surface area contributed by atoms with E-state index in [0.29, 0.717) is 50.3 Å². The summed E-state index contributed by atoms with van der Waals surface area (Å²) in [6.07, 6.45) is 1.36. The lowest BCUT2D eigenvalue weighted by atomic mass is 10.1. The second-order valence-electron chi connectivity index (χ2n) is 6.45. The minimum absolute atomic E-state index is 0.0248. The third-order valence-corrected chi connectivity index (χ3v) is 4.54. The first-order valence-electron chi connectivity index (χ1n) is 8.99. The van der Waals surface area contributed by atoms with Gasteiger partial charge < -0.3 is 20.3 Å². The highest BCUT2D eigenvalue weighted by Crippen LogP contribution is 2.23. The number of aryl methyl sites for hydroxylation is 1. The second-order valence-corrected chi connectivity index (χ2v) is 6.45. The molecule has 27 heavy (non-hydrogen) atoms. The van der Waals surface area contributed by atoms with E-state index < -0.39 is 11.0 Å². The van der Waals surface area contributed by atoms with Crippen LogP contribution >= 0.6 is 0 Å². The normalized spacial score (nSPS) is 16.4. The van der Waals surface area contributed by atoms with Crippen LogP contribution in [0.15, 0.2) is 18.2 Å². The molecule has 0 aromatic heterocycles. The van der Waals surface area contributed by atoms with Gasteiger partial charge in [0.25, 0.3) is 11.6 Å². The van der Waals surface area contributed by atoms with Gasteiger partial charge in [0, 0.05) is 50.5 Å². The lowest BCUT2D eigenvalue weighted by molar-refractivity contribution is -0.385. The van der Waals surface area contributed by atoms with Gasteiger partial charge in [0.2, 0.25) is 5.91 Å². The Morgan fingerprint density at radius 1 is 1.33 bits per heavy atom. The van der Waals surface area contributed by atoms with Crippen molar-refractivity contribution < 1.29 is 19.2 Å². The van der Waals surface area contributed by atoms with Crippen LogP contribution in [0.1, 0.15) is 28.8 Å². The van der Waals surface area contributed by atoms with Crippen molar-refractivity contribution >= 4 is 17.5 Å². The maximum atomic E-state index is 12.8. The molecule has 0 aliphatic carbocycles. The zero-order valence-corrected chi connectivity index (χ0v) is 15.7. The molecule has 1 aliphatic rings. The van der Waals surface area contributed by atoms with E-state index in [1.165, 1.54) is 18.2 Å². The number of hydrogen-bond donors (Lipinski definition) is 2. The van der Waals surface area contributed by atoms with Crippen LogP contribution in [0, 0.1) is 17.0 Å². The van der Waals surface area contributed by atoms with E-state index in [4.69, 9.17) is 4.74 Å². The maximum Gasteiger partial charge on any atom is 0.272 e. The van der Waals surface area contributed by atoms with E-state index >= 15 is 0 Å². The highest BCUT2D eigenvalue weighted by Gasteiger charge is 2.34. The third-order valence-electron chi connectivity index (χ3n) is 4.54. The summed E-state index contributed by atoms with van der Waals surface area (Å²) in [5, 5.41) is 16.9. The average Bonchev–Trinajstić information content (AvgIpc) is 3.13. The molecule has 1 fully saturated rings. The van der Waals surface area contributed by atoms with Gasteiger partial charge in [-0.3, -0.25) is 19.7 Å². The number of nitro groups is 1. The van der Waals surface area contributed by atoms with E-state index in [9.17, 15) is 19.7 Å². The minimum Gasteiger partial charge on any atom is -0.383 e. The highest BCUT2D eigenvalue weighted by molar-refractivity contribution is 5.98. The van der Waals surface area contributed by atoms with Crippen LogP contribution in [0.5, 0.6) is 0 Å². The van der Waals surface area contributed by atoms with E-state index in [0.717, 1.165) is 6.42 Å². The van der Waals surface area contributed by atoms with Crippen molar-refractivity contribution in [3.05, 3.63) is 39.4 Å². The molecule has 0 radical (unpaired) electrons. The maximum absolute atomic E-state index is 12.8. The number of carbonyl (C=O) groups excluding carboxylic acids is 2. The number of amides is 2. The standard InChI is InChI=1S/C18H26N4O5/c1-13-12-14(5-6-15(13)22(25)26)18(24)21-10-3-4-16(21)17(23)20-8-7-19-9-11-27-2/h5-6,12,16,19H,3-4,7-11H2,1-2H3,(H,20,23). The number of benzene rings is 1. The van der Waals surface area contributed by atoms with Gasteiger partial charge in [-0.15, -0.1) is 0 Å². The molecule has 1 aromatic rings. The molecule has 2 N–H and O–H groups in total. The average molecular weight is 378 g/mol. The summed E-state index contributed by atoms with van der Waals surface area (Å²) in [5.41, 5.74) is 0.760. The first-order chi connectivity index (χ1) is 13.0. The van der Waals surface area contributed by atoms with Crippen LogP contribution in [0.25, 0.3) is 0 Å². The molecule has 9 heteroatoms. The van der Waals surface area contributed by atoms with Gasteiger partial charge >= 0.3 is 0 Å². The molecule has 1 aliphatic heterocycles. The smallest absolute Gasteiger partial charge is 0.272 e. The number of likely N-dealkylation sites (tertiary alicyclic amines) is 1. The predicted octanol–water partition coefficient (Wildman–Crippen LogP) is 0.860. The van der Waals surface area contributed by atoms with Crippen molar-refractivity contribution in [2.45, 2.75) is 25.8 Å². The number of methoxy groups -OCH3 is 1. The van der Waals surface area contributed by atoms with Crippen molar-refractivity contribution in [2.75, 3.05) is 39.9 Å². The molecule has 0 saturated carbocycles. The molecule has 9 nitrogen and oxygen atoms in total. The fraction of sp³-hybridized carbons (Fsp3) is 0.556. The van der Waals surface area contributed by atoms with Crippen molar-refractivity contribution in [3.8, 4) is 0 Å². The molecule has 0 spiro atoms. The van der Waals surface area contributed by atoms with E-state index in [1.807, 2.05) is 0 Å². The topological polar surface area (TPSA) is 114 Å². The van der Waals surface area contributed by atoms with Gasteiger partial charge in [-0.2, -0.15) is 0 Å². The predicted molar refractivity (Wildman–Crippen MR) is 99.6 cm³/mol. The number of ether oxygens (including phenoxy) is 1. The Hall–Kier alpha value is -2.52. The van der Waals surface area contributed by atoms with Gasteiger partial charge in [0.1, 0.15) is 6.04 Å². The van der Waals surface area contributed by atoms with Gasteiger partial charge in [-0.05, 0) is 31.9 Å². The minimum atomic E-state index is -0.507. The van der Waals surface area contributed by atoms with Crippen molar-refractivity contribution in [2.24, 2.45) is 0 Å². The molecule has 2 amide bonds. The fourth-order valence-electron chi connectivity index (χ4n) is 3.13. The SMILES string of the molecule is COCCNCCNC(=O)C1CCCN1C(=O)c1ccc([N+](=O)[O-])c(C)c1. The first-order valence-corrected chi connectivity index (χ1v) is 8.99. The number of nitrogens with zero attached hydrogens (tertiary/aromatic N) is 2. The van der Waals surface area contributed by atoms with Gasteiger partial charge in [0.05, 0.1) is 11.5 Å². The number of carbonyl (C=O) groups is 2. The van der Waals surface area contributed by atoms with E-state index in [2.05, 4.69) is 10.6 Å². The Morgan fingerprint density at radius 3 is 2.78 bits per heavy atom. The molecule has 148 valence electrons. The summed E-state index contributed by atoms with van der Waals surface area (Å²) in [6, 6.07) is 3.78. The van der Waals surface area contributed by atoms with Crippen molar-refractivity contribution in [1.82, 2.24) is 15.5 Å². The molecular formula is C18H26N4O5. The van der Waals surface area contributed by atoms with Crippen molar-refractivity contribution in [1.29, 1.82) is 0 Å². The number of nitro benzene ring substituents is 1. The highest BCUT2D eigenvalue weighted by atomic mass is 16.6. The van der Waals surface area contributed by atoms with Gasteiger partial charge in [-0.1, -0.05) is 0 Å². The second kappa shape index (κ2) is 9.98. The lowest BCUT2D eigenvalue weighted by Gasteiger charge is -2.24. The number of rotatable bonds is 9. The molecular weight excluding hydrogens is 352 g/mol. The first kappa shape index (κ1) is 20.8.